The molecule has 0 radical (unpaired) electrons. The molecule has 0 atom stereocenters. The third-order valence-corrected chi connectivity index (χ3v) is 5.71. The van der Waals surface area contributed by atoms with E-state index < -0.39 is 9.84 Å². The zero-order valence-corrected chi connectivity index (χ0v) is 16.8. The second-order valence-electron chi connectivity index (χ2n) is 6.47. The van der Waals surface area contributed by atoms with Gasteiger partial charge < -0.3 is 15.0 Å². The van der Waals surface area contributed by atoms with Crippen LogP contribution < -0.4 is 10.5 Å². The number of fused-ring (bicyclic) bond motifs is 1. The predicted molar refractivity (Wildman–Crippen MR) is 108 cm³/mol. The van der Waals surface area contributed by atoms with Gasteiger partial charge in [0, 0.05) is 47.2 Å². The average Bonchev–Trinajstić information content (AvgIpc) is 2.92. The smallest absolute Gasteiger partial charge is 0.213 e. The van der Waals surface area contributed by atoms with Crippen LogP contribution in [0, 0.1) is 6.92 Å². The lowest BCUT2D eigenvalue weighted by Crippen LogP contribution is -2.03. The van der Waals surface area contributed by atoms with E-state index in [0.717, 1.165) is 28.6 Å². The molecule has 0 aliphatic rings. The largest absolute Gasteiger partial charge is 0.481 e. The number of nitrogens with two attached hydrogens (primary N) is 1. The SMILES string of the molecule is COc1cc(-c2c(C)n(C/C(F)=C/CN)c3ccc(S(C)(=O)=O)cc23)ccn1. The maximum absolute atomic E-state index is 14.2. The van der Waals surface area contributed by atoms with Gasteiger partial charge in [-0.25, -0.2) is 17.8 Å². The number of allylic oxidation sites excluding steroid dienone is 1. The van der Waals surface area contributed by atoms with Gasteiger partial charge in [-0.1, -0.05) is 0 Å². The molecule has 3 aromatic rings. The molecule has 0 fully saturated rings. The highest BCUT2D eigenvalue weighted by Gasteiger charge is 2.19. The minimum atomic E-state index is -3.39. The lowest BCUT2D eigenvalue weighted by Gasteiger charge is -2.08. The maximum Gasteiger partial charge on any atom is 0.213 e. The first-order valence-electron chi connectivity index (χ1n) is 8.64. The fourth-order valence-electron chi connectivity index (χ4n) is 3.28. The summed E-state index contributed by atoms with van der Waals surface area (Å²) in [4.78, 5) is 4.33. The van der Waals surface area contributed by atoms with Crippen molar-refractivity contribution >= 4 is 20.7 Å². The molecule has 0 aliphatic carbocycles. The summed E-state index contributed by atoms with van der Waals surface area (Å²) in [5.41, 5.74) is 8.56. The molecule has 148 valence electrons. The first-order chi connectivity index (χ1) is 13.3. The zero-order chi connectivity index (χ0) is 20.5. The molecule has 2 heterocycles. The summed E-state index contributed by atoms with van der Waals surface area (Å²) in [7, 11) is -1.86. The number of aromatic nitrogens is 2. The van der Waals surface area contributed by atoms with Crippen LogP contribution in [0.4, 0.5) is 4.39 Å². The molecule has 2 aromatic heterocycles. The minimum absolute atomic E-state index is 0.0139. The fourth-order valence-corrected chi connectivity index (χ4v) is 3.93. The first-order valence-corrected chi connectivity index (χ1v) is 10.5. The van der Waals surface area contributed by atoms with Crippen LogP contribution in [0.3, 0.4) is 0 Å². The Labute approximate surface area is 163 Å². The van der Waals surface area contributed by atoms with Crippen LogP contribution in [0.5, 0.6) is 5.88 Å². The highest BCUT2D eigenvalue weighted by atomic mass is 32.2. The molecule has 0 saturated carbocycles. The van der Waals surface area contributed by atoms with Gasteiger partial charge in [0.15, 0.2) is 9.84 Å². The van der Waals surface area contributed by atoms with E-state index in [1.165, 1.54) is 19.3 Å². The Hall–Kier alpha value is -2.71. The van der Waals surface area contributed by atoms with Crippen molar-refractivity contribution in [3.63, 3.8) is 0 Å². The quantitative estimate of drug-likeness (QED) is 0.683. The van der Waals surface area contributed by atoms with Gasteiger partial charge >= 0.3 is 0 Å². The molecular formula is C20H22FN3O3S. The van der Waals surface area contributed by atoms with E-state index in [2.05, 4.69) is 4.98 Å². The van der Waals surface area contributed by atoms with Crippen LogP contribution >= 0.6 is 0 Å². The van der Waals surface area contributed by atoms with Crippen LogP contribution in [0.2, 0.25) is 0 Å². The molecule has 0 bridgehead atoms. The van der Waals surface area contributed by atoms with Crippen molar-refractivity contribution in [3.05, 3.63) is 54.1 Å². The van der Waals surface area contributed by atoms with E-state index >= 15 is 0 Å². The number of benzene rings is 1. The highest BCUT2D eigenvalue weighted by molar-refractivity contribution is 7.90. The molecule has 28 heavy (non-hydrogen) atoms. The normalized spacial score (nSPS) is 12.5. The maximum atomic E-state index is 14.2. The summed E-state index contributed by atoms with van der Waals surface area (Å²) in [6.07, 6.45) is 4.11. The molecular weight excluding hydrogens is 381 g/mol. The number of ether oxygens (including phenoxy) is 1. The standard InChI is InChI=1S/C20H22FN3O3S/c1-13-20(14-7-9-23-19(10-14)27-2)17-11-16(28(3,25)26)4-5-18(17)24(13)12-15(21)6-8-22/h4-7,9-11H,8,12,22H2,1-3H3/b15-6-. The Balaban J connectivity index is 2.33. The van der Waals surface area contributed by atoms with E-state index in [1.807, 2.05) is 17.6 Å². The Morgan fingerprint density at radius 3 is 2.71 bits per heavy atom. The summed E-state index contributed by atoms with van der Waals surface area (Å²) in [6.45, 7) is 1.99. The third kappa shape index (κ3) is 3.79. The molecule has 6 nitrogen and oxygen atoms in total. The Bertz CT molecular complexity index is 1170. The number of hydrogen-bond acceptors (Lipinski definition) is 5. The average molecular weight is 403 g/mol. The molecule has 0 unspecified atom stereocenters. The minimum Gasteiger partial charge on any atom is -0.481 e. The first kappa shape index (κ1) is 20.0. The van der Waals surface area contributed by atoms with Crippen LogP contribution in [0.15, 0.2) is 53.3 Å². The molecule has 0 amide bonds. The van der Waals surface area contributed by atoms with Gasteiger partial charge in [-0.05, 0) is 42.8 Å². The second kappa shape index (κ2) is 7.73. The van der Waals surface area contributed by atoms with E-state index in [9.17, 15) is 12.8 Å². The van der Waals surface area contributed by atoms with Gasteiger partial charge in [-0.3, -0.25) is 0 Å². The highest BCUT2D eigenvalue weighted by Crippen LogP contribution is 2.37. The number of pyridine rings is 1. The van der Waals surface area contributed by atoms with Gasteiger partial charge in [-0.2, -0.15) is 0 Å². The van der Waals surface area contributed by atoms with Crippen LogP contribution in [-0.4, -0.2) is 37.9 Å². The molecule has 2 N–H and O–H groups in total. The van der Waals surface area contributed by atoms with Crippen LogP contribution in [-0.2, 0) is 16.4 Å². The zero-order valence-electron chi connectivity index (χ0n) is 15.9. The Morgan fingerprint density at radius 1 is 1.32 bits per heavy atom. The Kier molecular flexibility index (Phi) is 5.53. The van der Waals surface area contributed by atoms with E-state index in [1.54, 1.807) is 24.4 Å². The van der Waals surface area contributed by atoms with Crippen molar-refractivity contribution in [3.8, 4) is 17.0 Å². The van der Waals surface area contributed by atoms with E-state index in [4.69, 9.17) is 10.5 Å². The molecule has 8 heteroatoms. The molecule has 3 rings (SSSR count). The van der Waals surface area contributed by atoms with Crippen molar-refractivity contribution in [2.45, 2.75) is 18.4 Å². The number of sulfone groups is 1. The van der Waals surface area contributed by atoms with Crippen molar-refractivity contribution in [2.75, 3.05) is 19.9 Å². The van der Waals surface area contributed by atoms with Crippen molar-refractivity contribution in [1.29, 1.82) is 0 Å². The molecule has 1 aromatic carbocycles. The van der Waals surface area contributed by atoms with Crippen molar-refractivity contribution < 1.29 is 17.5 Å². The van der Waals surface area contributed by atoms with Crippen molar-refractivity contribution in [2.24, 2.45) is 5.73 Å². The van der Waals surface area contributed by atoms with E-state index in [-0.39, 0.29) is 23.8 Å². The number of nitrogens with zero attached hydrogens (tertiary/aromatic N) is 2. The van der Waals surface area contributed by atoms with Gasteiger partial charge in [0.05, 0.1) is 18.6 Å². The van der Waals surface area contributed by atoms with Crippen LogP contribution in [0.1, 0.15) is 5.69 Å². The second-order valence-corrected chi connectivity index (χ2v) is 8.49. The summed E-state index contributed by atoms with van der Waals surface area (Å²) < 4.78 is 45.4. The van der Waals surface area contributed by atoms with Gasteiger partial charge in [0.2, 0.25) is 5.88 Å². The summed E-state index contributed by atoms with van der Waals surface area (Å²) >= 11 is 0. The number of halogens is 1. The summed E-state index contributed by atoms with van der Waals surface area (Å²) in [6, 6.07) is 8.45. The summed E-state index contributed by atoms with van der Waals surface area (Å²) in [5, 5.41) is 0.717. The topological polar surface area (TPSA) is 87.2 Å². The summed E-state index contributed by atoms with van der Waals surface area (Å²) in [5.74, 6) is 0.0832. The number of rotatable bonds is 6. The number of hydrogen-bond donors (Lipinski definition) is 1. The van der Waals surface area contributed by atoms with Gasteiger partial charge in [-0.15, -0.1) is 0 Å². The monoisotopic (exact) mass is 403 g/mol. The van der Waals surface area contributed by atoms with Gasteiger partial charge in [0.25, 0.3) is 0 Å². The van der Waals surface area contributed by atoms with Gasteiger partial charge in [0.1, 0.15) is 5.83 Å². The fraction of sp³-hybridized carbons (Fsp3) is 0.250. The predicted octanol–water partition coefficient (Wildman–Crippen LogP) is 3.24. The Morgan fingerprint density at radius 2 is 2.07 bits per heavy atom. The molecule has 0 aliphatic heterocycles. The number of methoxy groups -OCH3 is 1. The lowest BCUT2D eigenvalue weighted by atomic mass is 10.0. The molecule has 0 spiro atoms. The van der Waals surface area contributed by atoms with Crippen LogP contribution in [0.25, 0.3) is 22.0 Å². The van der Waals surface area contributed by atoms with Crippen molar-refractivity contribution in [1.82, 2.24) is 9.55 Å². The molecule has 0 saturated heterocycles. The van der Waals surface area contributed by atoms with E-state index in [0.29, 0.717) is 11.3 Å². The lowest BCUT2D eigenvalue weighted by molar-refractivity contribution is 0.398. The third-order valence-electron chi connectivity index (χ3n) is 4.60.